The Hall–Kier alpha value is -1.47. The number of hydrogen-bond acceptors (Lipinski definition) is 5. The Labute approximate surface area is 119 Å². The maximum atomic E-state index is 11.7. The van der Waals surface area contributed by atoms with Gasteiger partial charge in [0.05, 0.1) is 6.04 Å². The number of nitrogens with one attached hydrogen (secondary N) is 1. The minimum absolute atomic E-state index is 0.0416. The number of piperazine rings is 1. The van der Waals surface area contributed by atoms with Gasteiger partial charge >= 0.3 is 0 Å². The molecule has 0 saturated carbocycles. The topological polar surface area (TPSA) is 110 Å². The van der Waals surface area contributed by atoms with Crippen LogP contribution in [0.3, 0.4) is 0 Å². The Morgan fingerprint density at radius 2 is 2.10 bits per heavy atom. The summed E-state index contributed by atoms with van der Waals surface area (Å²) in [6.07, 6.45) is 0. The van der Waals surface area contributed by atoms with Gasteiger partial charge in [-0.2, -0.15) is 0 Å². The van der Waals surface area contributed by atoms with Crippen LogP contribution in [0.25, 0.3) is 0 Å². The molecule has 0 aromatic heterocycles. The van der Waals surface area contributed by atoms with Crippen LogP contribution in [0.2, 0.25) is 0 Å². The number of rotatable bonds is 5. The van der Waals surface area contributed by atoms with Crippen molar-refractivity contribution in [1.29, 1.82) is 0 Å². The maximum Gasteiger partial charge on any atom is 0.240 e. The molecule has 1 aliphatic rings. The van der Waals surface area contributed by atoms with E-state index in [1.54, 1.807) is 0 Å². The molecule has 1 aromatic carbocycles. The molecule has 6 nitrogen and oxygen atoms in total. The van der Waals surface area contributed by atoms with Crippen LogP contribution in [0.15, 0.2) is 30.3 Å². The van der Waals surface area contributed by atoms with Crippen molar-refractivity contribution < 1.29 is 4.79 Å². The van der Waals surface area contributed by atoms with Crippen molar-refractivity contribution in [3.63, 3.8) is 0 Å². The van der Waals surface area contributed by atoms with E-state index in [-0.39, 0.29) is 12.6 Å². The number of carbonyl (C=O) groups excluding carboxylic acids is 1. The number of primary amides is 1. The van der Waals surface area contributed by atoms with Crippen LogP contribution in [0.5, 0.6) is 0 Å². The zero-order valence-electron chi connectivity index (χ0n) is 11.6. The van der Waals surface area contributed by atoms with E-state index in [1.165, 1.54) is 5.56 Å². The Kier molecular flexibility index (Phi) is 4.72. The molecule has 2 rings (SSSR count). The highest BCUT2D eigenvalue weighted by Crippen LogP contribution is 2.18. The summed E-state index contributed by atoms with van der Waals surface area (Å²) in [6, 6.07) is 9.90. The summed E-state index contributed by atoms with van der Waals surface area (Å²) in [4.78, 5) is 13.9. The second kappa shape index (κ2) is 6.32. The molecule has 1 aromatic rings. The largest absolute Gasteiger partial charge is 0.368 e. The molecule has 20 heavy (non-hydrogen) atoms. The molecular formula is C14H23N5O. The molecule has 1 aliphatic heterocycles. The molecule has 2 atom stereocenters. The van der Waals surface area contributed by atoms with E-state index in [0.29, 0.717) is 6.54 Å². The summed E-state index contributed by atoms with van der Waals surface area (Å²) >= 11 is 0. The quantitative estimate of drug-likeness (QED) is 0.529. The van der Waals surface area contributed by atoms with Crippen LogP contribution in [0, 0.1) is 0 Å². The minimum atomic E-state index is -1.21. The van der Waals surface area contributed by atoms with Crippen LogP contribution >= 0.6 is 0 Å². The number of nitrogens with zero attached hydrogens (tertiary/aromatic N) is 1. The van der Waals surface area contributed by atoms with E-state index in [1.807, 2.05) is 18.2 Å². The molecule has 0 bridgehead atoms. The Morgan fingerprint density at radius 3 is 2.70 bits per heavy atom. The Morgan fingerprint density at radius 1 is 1.40 bits per heavy atom. The predicted molar refractivity (Wildman–Crippen MR) is 78.7 cm³/mol. The Bertz CT molecular complexity index is 452. The van der Waals surface area contributed by atoms with Crippen LogP contribution in [0.4, 0.5) is 0 Å². The number of amides is 1. The highest BCUT2D eigenvalue weighted by Gasteiger charge is 2.43. The first-order valence-corrected chi connectivity index (χ1v) is 6.85. The third kappa shape index (κ3) is 2.99. The highest BCUT2D eigenvalue weighted by atomic mass is 16.1. The molecule has 0 aliphatic carbocycles. The van der Waals surface area contributed by atoms with Crippen molar-refractivity contribution in [2.45, 2.75) is 18.1 Å². The summed E-state index contributed by atoms with van der Waals surface area (Å²) in [5.74, 6) is -0.549. The molecule has 1 fully saturated rings. The first kappa shape index (κ1) is 14.9. The zero-order chi connectivity index (χ0) is 14.6. The number of benzene rings is 1. The fourth-order valence-electron chi connectivity index (χ4n) is 2.66. The van der Waals surface area contributed by atoms with Crippen molar-refractivity contribution in [3.05, 3.63) is 35.9 Å². The van der Waals surface area contributed by atoms with E-state index in [0.717, 1.165) is 19.6 Å². The lowest BCUT2D eigenvalue weighted by Gasteiger charge is -2.44. The molecule has 1 saturated heterocycles. The van der Waals surface area contributed by atoms with Gasteiger partial charge in [0.25, 0.3) is 0 Å². The molecule has 6 heteroatoms. The maximum absolute atomic E-state index is 11.7. The number of hydrogen-bond donors (Lipinski definition) is 4. The summed E-state index contributed by atoms with van der Waals surface area (Å²) in [6.45, 7) is 3.07. The summed E-state index contributed by atoms with van der Waals surface area (Å²) in [5.41, 5.74) is 17.3. The number of nitrogens with two attached hydrogens (primary N) is 3. The molecule has 0 spiro atoms. The summed E-state index contributed by atoms with van der Waals surface area (Å²) in [7, 11) is 0. The number of carbonyl (C=O) groups is 1. The average molecular weight is 277 g/mol. The molecule has 0 radical (unpaired) electrons. The smallest absolute Gasteiger partial charge is 0.240 e. The van der Waals surface area contributed by atoms with E-state index < -0.39 is 11.4 Å². The zero-order valence-corrected chi connectivity index (χ0v) is 11.6. The molecular weight excluding hydrogens is 254 g/mol. The van der Waals surface area contributed by atoms with Gasteiger partial charge in [-0.25, -0.2) is 0 Å². The second-order valence-electron chi connectivity index (χ2n) is 5.28. The van der Waals surface area contributed by atoms with Gasteiger partial charge in [-0.3, -0.25) is 9.69 Å². The molecule has 7 N–H and O–H groups in total. The third-order valence-electron chi connectivity index (χ3n) is 3.97. The van der Waals surface area contributed by atoms with Gasteiger partial charge in [-0.1, -0.05) is 30.3 Å². The standard InChI is InChI=1S/C14H23N5O/c15-10-14(17,13(16)20)12-8-18-6-7-19(12)9-11-4-2-1-3-5-11/h1-5,12,18H,6-10,15,17H2,(H2,16,20). The highest BCUT2D eigenvalue weighted by molar-refractivity contribution is 5.85. The molecule has 1 amide bonds. The van der Waals surface area contributed by atoms with Gasteiger partial charge in [0, 0.05) is 32.7 Å². The van der Waals surface area contributed by atoms with Crippen molar-refractivity contribution >= 4 is 5.91 Å². The van der Waals surface area contributed by atoms with Gasteiger partial charge in [0.1, 0.15) is 5.54 Å². The second-order valence-corrected chi connectivity index (χ2v) is 5.28. The average Bonchev–Trinajstić information content (AvgIpc) is 2.48. The fourth-order valence-corrected chi connectivity index (χ4v) is 2.66. The van der Waals surface area contributed by atoms with Gasteiger partial charge in [-0.05, 0) is 5.56 Å². The first-order chi connectivity index (χ1) is 9.58. The normalized spacial score (nSPS) is 23.2. The first-order valence-electron chi connectivity index (χ1n) is 6.85. The van der Waals surface area contributed by atoms with E-state index >= 15 is 0 Å². The van der Waals surface area contributed by atoms with Crippen LogP contribution in [-0.2, 0) is 11.3 Å². The van der Waals surface area contributed by atoms with E-state index in [9.17, 15) is 4.79 Å². The SMILES string of the molecule is NCC(N)(C(N)=O)C1CNCCN1Cc1ccccc1. The Balaban J connectivity index is 2.19. The van der Waals surface area contributed by atoms with Gasteiger partial charge in [0.2, 0.25) is 5.91 Å². The van der Waals surface area contributed by atoms with Crippen LogP contribution in [-0.4, -0.2) is 48.6 Å². The fraction of sp³-hybridized carbons (Fsp3) is 0.500. The van der Waals surface area contributed by atoms with Crippen LogP contribution in [0.1, 0.15) is 5.56 Å². The monoisotopic (exact) mass is 277 g/mol. The van der Waals surface area contributed by atoms with Gasteiger partial charge in [0.15, 0.2) is 0 Å². The van der Waals surface area contributed by atoms with Gasteiger partial charge < -0.3 is 22.5 Å². The van der Waals surface area contributed by atoms with Crippen molar-refractivity contribution in [2.75, 3.05) is 26.2 Å². The lowest BCUT2D eigenvalue weighted by Crippen LogP contribution is -2.73. The van der Waals surface area contributed by atoms with Crippen molar-refractivity contribution in [2.24, 2.45) is 17.2 Å². The summed E-state index contributed by atoms with van der Waals surface area (Å²) in [5, 5.41) is 3.26. The third-order valence-corrected chi connectivity index (χ3v) is 3.97. The molecule has 110 valence electrons. The lowest BCUT2D eigenvalue weighted by atomic mass is 9.87. The molecule has 1 heterocycles. The summed E-state index contributed by atoms with van der Waals surface area (Å²) < 4.78 is 0. The minimum Gasteiger partial charge on any atom is -0.368 e. The van der Waals surface area contributed by atoms with Crippen molar-refractivity contribution in [1.82, 2.24) is 10.2 Å². The van der Waals surface area contributed by atoms with E-state index in [4.69, 9.17) is 17.2 Å². The molecule has 2 unspecified atom stereocenters. The van der Waals surface area contributed by atoms with E-state index in [2.05, 4.69) is 22.3 Å². The van der Waals surface area contributed by atoms with Crippen molar-refractivity contribution in [3.8, 4) is 0 Å². The predicted octanol–water partition coefficient (Wildman–Crippen LogP) is -1.40. The van der Waals surface area contributed by atoms with Gasteiger partial charge in [-0.15, -0.1) is 0 Å². The lowest BCUT2D eigenvalue weighted by molar-refractivity contribution is -0.125. The van der Waals surface area contributed by atoms with Crippen LogP contribution < -0.4 is 22.5 Å².